The smallest absolute Gasteiger partial charge is 0.282 e. The lowest BCUT2D eigenvalue weighted by Crippen LogP contribution is -2.44. The molecule has 3 atom stereocenters. The van der Waals surface area contributed by atoms with Crippen LogP contribution < -0.4 is 10.9 Å². The lowest BCUT2D eigenvalue weighted by molar-refractivity contribution is -0.0805. The van der Waals surface area contributed by atoms with Crippen LogP contribution in [0.15, 0.2) is 47.4 Å². The Morgan fingerprint density at radius 3 is 2.57 bits per heavy atom. The number of aliphatic hydroxyl groups is 4. The fourth-order valence-electron chi connectivity index (χ4n) is 3.96. The highest BCUT2D eigenvalue weighted by Crippen LogP contribution is 2.19. The van der Waals surface area contributed by atoms with Crippen molar-refractivity contribution in [3.8, 4) is 0 Å². The number of amides is 1. The second-order valence-corrected chi connectivity index (χ2v) is 8.69. The van der Waals surface area contributed by atoms with Gasteiger partial charge in [-0.3, -0.25) is 9.59 Å². The third-order valence-electron chi connectivity index (χ3n) is 6.19. The largest absolute Gasteiger partial charge is 0.394 e. The van der Waals surface area contributed by atoms with Crippen molar-refractivity contribution in [1.82, 2.24) is 19.9 Å². The van der Waals surface area contributed by atoms with E-state index in [4.69, 9.17) is 5.11 Å². The molecule has 0 saturated carbocycles. The minimum atomic E-state index is -1.69. The molecule has 0 aliphatic heterocycles. The number of benzene rings is 2. The zero-order valence-corrected chi connectivity index (χ0v) is 19.4. The Morgan fingerprint density at radius 2 is 1.83 bits per heavy atom. The van der Waals surface area contributed by atoms with Crippen LogP contribution in [-0.4, -0.2) is 65.8 Å². The number of hydrogen-bond acceptors (Lipinski definition) is 7. The first kappa shape index (κ1) is 24.6. The predicted molar refractivity (Wildman–Crippen MR) is 130 cm³/mol. The maximum atomic E-state index is 13.3. The zero-order valence-electron chi connectivity index (χ0n) is 19.4. The number of fused-ring (bicyclic) bond motifs is 2. The molecule has 0 fully saturated rings. The summed E-state index contributed by atoms with van der Waals surface area (Å²) in [5.41, 5.74) is 3.16. The van der Waals surface area contributed by atoms with E-state index in [1.807, 2.05) is 44.3 Å². The van der Waals surface area contributed by atoms with Crippen LogP contribution in [0.3, 0.4) is 0 Å². The van der Waals surface area contributed by atoms with E-state index in [2.05, 4.69) is 15.3 Å². The van der Waals surface area contributed by atoms with E-state index in [1.54, 1.807) is 12.1 Å². The molecule has 2 aromatic carbocycles. The Hall–Kier alpha value is -3.57. The minimum absolute atomic E-state index is 0.171. The van der Waals surface area contributed by atoms with Crippen LogP contribution in [0, 0.1) is 13.8 Å². The molecular weight excluding hydrogens is 452 g/mol. The minimum Gasteiger partial charge on any atom is -0.394 e. The molecule has 0 aliphatic carbocycles. The number of hydrogen-bond donors (Lipinski definition) is 6. The van der Waals surface area contributed by atoms with Crippen LogP contribution in [-0.2, 0) is 13.1 Å². The van der Waals surface area contributed by atoms with Gasteiger partial charge in [0.2, 0.25) is 0 Å². The summed E-state index contributed by atoms with van der Waals surface area (Å²) < 4.78 is 1.16. The maximum absolute atomic E-state index is 13.3. The highest BCUT2D eigenvalue weighted by atomic mass is 16.4. The van der Waals surface area contributed by atoms with E-state index in [9.17, 15) is 24.9 Å². The van der Waals surface area contributed by atoms with Gasteiger partial charge in [-0.15, -0.1) is 0 Å². The number of H-pyrrole nitrogens is 1. The molecule has 0 spiro atoms. The number of carbonyl (C=O) groups excluding carboxylic acids is 1. The van der Waals surface area contributed by atoms with Crippen molar-refractivity contribution >= 4 is 27.8 Å². The lowest BCUT2D eigenvalue weighted by Gasteiger charge is -2.23. The molecule has 184 valence electrons. The van der Waals surface area contributed by atoms with Crippen LogP contribution in [0.4, 0.5) is 0 Å². The van der Waals surface area contributed by atoms with Crippen molar-refractivity contribution in [2.24, 2.45) is 0 Å². The van der Waals surface area contributed by atoms with Crippen molar-refractivity contribution < 1.29 is 25.2 Å². The first-order valence-corrected chi connectivity index (χ1v) is 11.2. The fraction of sp³-hybridized carbons (Fsp3) is 0.320. The number of aromatic amines is 1. The molecule has 35 heavy (non-hydrogen) atoms. The summed E-state index contributed by atoms with van der Waals surface area (Å²) in [5.74, 6) is -0.680. The van der Waals surface area contributed by atoms with E-state index < -0.39 is 42.9 Å². The number of nitrogens with zero attached hydrogens (tertiary/aromatic N) is 2. The number of aliphatic hydroxyl groups excluding tert-OH is 4. The molecule has 3 unspecified atom stereocenters. The van der Waals surface area contributed by atoms with E-state index in [1.165, 1.54) is 0 Å². The molecule has 6 N–H and O–H groups in total. The second kappa shape index (κ2) is 9.96. The standard InChI is InChI=1S/C25H28N4O6/c1-13-7-18-19(8-14(13)2)29(11-20(31)23(33)21(32)12-30)25(35)22(28-18)24(34)27-10-15-3-4-16-5-6-26-17(16)9-15/h3-9,20-21,23,26,30-33H,10-12H2,1-2H3,(H,27,34). The molecule has 10 heteroatoms. The van der Waals surface area contributed by atoms with Crippen molar-refractivity contribution in [2.75, 3.05) is 6.61 Å². The van der Waals surface area contributed by atoms with E-state index >= 15 is 0 Å². The summed E-state index contributed by atoms with van der Waals surface area (Å²) in [7, 11) is 0. The van der Waals surface area contributed by atoms with Crippen molar-refractivity contribution in [3.63, 3.8) is 0 Å². The highest BCUT2D eigenvalue weighted by Gasteiger charge is 2.27. The van der Waals surface area contributed by atoms with Gasteiger partial charge in [-0.1, -0.05) is 12.1 Å². The first-order chi connectivity index (χ1) is 16.7. The molecule has 2 heterocycles. The first-order valence-electron chi connectivity index (χ1n) is 11.2. The summed E-state index contributed by atoms with van der Waals surface area (Å²) in [5, 5.41) is 43.0. The third kappa shape index (κ3) is 4.96. The summed E-state index contributed by atoms with van der Waals surface area (Å²) in [6, 6.07) is 11.1. The molecule has 2 aromatic heterocycles. The van der Waals surface area contributed by atoms with Crippen LogP contribution in [0.1, 0.15) is 27.2 Å². The molecule has 4 rings (SSSR count). The lowest BCUT2D eigenvalue weighted by atomic mass is 10.1. The molecule has 0 aliphatic rings. The number of rotatable bonds is 8. The van der Waals surface area contributed by atoms with Gasteiger partial charge >= 0.3 is 0 Å². The highest BCUT2D eigenvalue weighted by molar-refractivity contribution is 5.94. The Bertz CT molecular complexity index is 1440. The second-order valence-electron chi connectivity index (χ2n) is 8.69. The van der Waals surface area contributed by atoms with Crippen molar-refractivity contribution in [2.45, 2.75) is 45.2 Å². The average molecular weight is 481 g/mol. The molecule has 1 amide bonds. The molecule has 0 radical (unpaired) electrons. The number of aryl methyl sites for hydroxylation is 2. The van der Waals surface area contributed by atoms with E-state index in [-0.39, 0.29) is 12.2 Å². The van der Waals surface area contributed by atoms with E-state index in [0.717, 1.165) is 32.2 Å². The van der Waals surface area contributed by atoms with Gasteiger partial charge in [0.05, 0.1) is 24.2 Å². The average Bonchev–Trinajstić information content (AvgIpc) is 3.32. The molecular formula is C25H28N4O6. The Balaban J connectivity index is 1.68. The number of aromatic nitrogens is 3. The van der Waals surface area contributed by atoms with Crippen molar-refractivity contribution in [1.29, 1.82) is 0 Å². The monoisotopic (exact) mass is 480 g/mol. The van der Waals surface area contributed by atoms with E-state index in [0.29, 0.717) is 11.0 Å². The molecule has 4 aromatic rings. The SMILES string of the molecule is Cc1cc2nc(C(=O)NCc3ccc4cc[nH]c4c3)c(=O)n(CC(O)C(O)C(O)CO)c2cc1C. The number of nitrogens with one attached hydrogen (secondary N) is 2. The van der Waals surface area contributed by atoms with Gasteiger partial charge in [0.15, 0.2) is 5.69 Å². The van der Waals surface area contributed by atoms with Crippen LogP contribution in [0.5, 0.6) is 0 Å². The summed E-state index contributed by atoms with van der Waals surface area (Å²) in [6.07, 6.45) is -3.03. The fourth-order valence-corrected chi connectivity index (χ4v) is 3.96. The van der Waals surface area contributed by atoms with Gasteiger partial charge in [0.1, 0.15) is 18.3 Å². The van der Waals surface area contributed by atoms with Gasteiger partial charge in [-0.25, -0.2) is 4.98 Å². The molecule has 0 bridgehead atoms. The summed E-state index contributed by atoms with van der Waals surface area (Å²) >= 11 is 0. The molecule has 0 saturated heterocycles. The Kier molecular flexibility index (Phi) is 6.99. The van der Waals surface area contributed by atoms with Gasteiger partial charge in [0, 0.05) is 18.3 Å². The summed E-state index contributed by atoms with van der Waals surface area (Å²) in [6.45, 7) is 2.72. The predicted octanol–water partition coefficient (Wildman–Crippen LogP) is 0.500. The van der Waals surface area contributed by atoms with Crippen molar-refractivity contribution in [3.05, 3.63) is 75.3 Å². The Morgan fingerprint density at radius 1 is 1.09 bits per heavy atom. The maximum Gasteiger partial charge on any atom is 0.282 e. The van der Waals surface area contributed by atoms with Crippen LogP contribution >= 0.6 is 0 Å². The topological polar surface area (TPSA) is 161 Å². The zero-order chi connectivity index (χ0) is 25.3. The quantitative estimate of drug-likeness (QED) is 0.214. The van der Waals surface area contributed by atoms with Gasteiger partial charge in [-0.05, 0) is 60.2 Å². The van der Waals surface area contributed by atoms with Crippen LogP contribution in [0.25, 0.3) is 21.9 Å². The molecule has 10 nitrogen and oxygen atoms in total. The van der Waals surface area contributed by atoms with Gasteiger partial charge in [0.25, 0.3) is 11.5 Å². The van der Waals surface area contributed by atoms with Gasteiger partial charge in [-0.2, -0.15) is 0 Å². The Labute approximate surface area is 200 Å². The van der Waals surface area contributed by atoms with Gasteiger partial charge < -0.3 is 35.3 Å². The summed E-state index contributed by atoms with van der Waals surface area (Å²) in [4.78, 5) is 33.7. The third-order valence-corrected chi connectivity index (χ3v) is 6.19. The normalized spacial score (nSPS) is 14.2. The van der Waals surface area contributed by atoms with Crippen LogP contribution in [0.2, 0.25) is 0 Å². The number of carbonyl (C=O) groups is 1.